The summed E-state index contributed by atoms with van der Waals surface area (Å²) >= 11 is 0. The highest BCUT2D eigenvalue weighted by Gasteiger charge is 2.33. The van der Waals surface area contributed by atoms with E-state index >= 15 is 0 Å². The van der Waals surface area contributed by atoms with Crippen molar-refractivity contribution in [2.24, 2.45) is 5.92 Å². The Balaban J connectivity index is 2.01. The minimum Gasteiger partial charge on any atom is -0.381 e. The molecular weight excluding hydrogens is 261 g/mol. The lowest BCUT2D eigenvalue weighted by molar-refractivity contribution is -0.137. The molecule has 7 heteroatoms. The van der Waals surface area contributed by atoms with Gasteiger partial charge < -0.3 is 4.74 Å². The summed E-state index contributed by atoms with van der Waals surface area (Å²) in [6.45, 7) is 0.797. The Morgan fingerprint density at radius 3 is 2.68 bits per heavy atom. The molecule has 1 atom stereocenters. The molecule has 1 fully saturated rings. The van der Waals surface area contributed by atoms with E-state index in [1.54, 1.807) is 0 Å². The van der Waals surface area contributed by atoms with Crippen LogP contribution in [0, 0.1) is 5.92 Å². The van der Waals surface area contributed by atoms with Crippen LogP contribution in [0.3, 0.4) is 0 Å². The molecule has 1 saturated heterocycles. The monoisotopic (exact) mass is 274 g/mol. The van der Waals surface area contributed by atoms with Crippen molar-refractivity contribution in [2.75, 3.05) is 18.6 Å². The Morgan fingerprint density at radius 1 is 1.32 bits per heavy atom. The lowest BCUT2D eigenvalue weighted by atomic mass is 10.1. The van der Waals surface area contributed by atoms with Crippen molar-refractivity contribution in [1.29, 1.82) is 0 Å². The smallest absolute Gasteiger partial charge is 0.381 e. The zero-order chi connectivity index (χ0) is 13.9. The molecule has 0 saturated carbocycles. The number of amides is 1. The van der Waals surface area contributed by atoms with Gasteiger partial charge in [-0.25, -0.2) is 0 Å². The first-order valence-electron chi connectivity index (χ1n) is 5.78. The maximum atomic E-state index is 12.7. The van der Waals surface area contributed by atoms with Gasteiger partial charge in [0.05, 0.1) is 23.8 Å². The number of anilines is 1. The zero-order valence-electron chi connectivity index (χ0n) is 9.96. The van der Waals surface area contributed by atoms with Gasteiger partial charge in [0.15, 0.2) is 0 Å². The van der Waals surface area contributed by atoms with Gasteiger partial charge in [0.2, 0.25) is 5.91 Å². The van der Waals surface area contributed by atoms with E-state index in [2.05, 4.69) is 10.9 Å². The molecule has 104 valence electrons. The fraction of sp³-hybridized carbons (Fsp3) is 0.417. The lowest BCUT2D eigenvalue weighted by Crippen LogP contribution is -2.35. The number of hydrazine groups is 1. The molecule has 1 amide bonds. The lowest BCUT2D eigenvalue weighted by Gasteiger charge is -2.16. The normalized spacial score (nSPS) is 19.2. The summed E-state index contributed by atoms with van der Waals surface area (Å²) < 4.78 is 43.1. The van der Waals surface area contributed by atoms with E-state index in [4.69, 9.17) is 4.74 Å². The molecule has 0 aromatic heterocycles. The second kappa shape index (κ2) is 5.48. The number of carbonyl (C=O) groups is 1. The van der Waals surface area contributed by atoms with Crippen LogP contribution in [0.2, 0.25) is 0 Å². The third-order valence-corrected chi connectivity index (χ3v) is 2.85. The maximum Gasteiger partial charge on any atom is 0.418 e. The molecule has 1 aliphatic rings. The summed E-state index contributed by atoms with van der Waals surface area (Å²) in [5, 5.41) is 0. The van der Waals surface area contributed by atoms with E-state index in [0.29, 0.717) is 19.6 Å². The Hall–Kier alpha value is -1.76. The van der Waals surface area contributed by atoms with E-state index in [1.165, 1.54) is 18.2 Å². The number of alkyl halides is 3. The van der Waals surface area contributed by atoms with Crippen molar-refractivity contribution >= 4 is 11.6 Å². The van der Waals surface area contributed by atoms with Gasteiger partial charge in [-0.05, 0) is 18.6 Å². The van der Waals surface area contributed by atoms with E-state index in [-0.39, 0.29) is 17.5 Å². The van der Waals surface area contributed by atoms with E-state index in [1.807, 2.05) is 0 Å². The quantitative estimate of drug-likeness (QED) is 0.831. The van der Waals surface area contributed by atoms with Crippen molar-refractivity contribution < 1.29 is 22.7 Å². The number of ether oxygens (including phenoxy) is 1. The Morgan fingerprint density at radius 2 is 2.05 bits per heavy atom. The Labute approximate surface area is 107 Å². The minimum absolute atomic E-state index is 0.178. The summed E-state index contributed by atoms with van der Waals surface area (Å²) in [6.07, 6.45) is -3.89. The second-order valence-electron chi connectivity index (χ2n) is 4.22. The van der Waals surface area contributed by atoms with Gasteiger partial charge in [0, 0.05) is 6.61 Å². The molecule has 1 aromatic carbocycles. The van der Waals surface area contributed by atoms with Crippen molar-refractivity contribution in [1.82, 2.24) is 5.43 Å². The molecular formula is C12H13F3N2O2. The highest BCUT2D eigenvalue weighted by Crippen LogP contribution is 2.34. The Kier molecular flexibility index (Phi) is 3.94. The molecule has 2 N–H and O–H groups in total. The van der Waals surface area contributed by atoms with Crippen LogP contribution in [0.5, 0.6) is 0 Å². The number of rotatable bonds is 3. The van der Waals surface area contributed by atoms with Gasteiger partial charge in [0.1, 0.15) is 0 Å². The van der Waals surface area contributed by atoms with Gasteiger partial charge in [-0.15, -0.1) is 0 Å². The van der Waals surface area contributed by atoms with Crippen molar-refractivity contribution in [3.05, 3.63) is 29.8 Å². The van der Waals surface area contributed by atoms with Gasteiger partial charge in [-0.3, -0.25) is 15.6 Å². The fourth-order valence-corrected chi connectivity index (χ4v) is 1.81. The van der Waals surface area contributed by atoms with E-state index in [9.17, 15) is 18.0 Å². The van der Waals surface area contributed by atoms with Crippen LogP contribution >= 0.6 is 0 Å². The largest absolute Gasteiger partial charge is 0.418 e. The predicted molar refractivity (Wildman–Crippen MR) is 62.1 cm³/mol. The third-order valence-electron chi connectivity index (χ3n) is 2.85. The SMILES string of the molecule is O=C(NNc1ccccc1C(F)(F)F)C1CCOC1. The molecule has 1 aromatic rings. The molecule has 1 heterocycles. The second-order valence-corrected chi connectivity index (χ2v) is 4.22. The first-order chi connectivity index (χ1) is 8.98. The fourth-order valence-electron chi connectivity index (χ4n) is 1.81. The van der Waals surface area contributed by atoms with E-state index in [0.717, 1.165) is 6.07 Å². The molecule has 2 rings (SSSR count). The Bertz CT molecular complexity index is 457. The number of hydrogen-bond acceptors (Lipinski definition) is 3. The standard InChI is InChI=1S/C12H13F3N2O2/c13-12(14,15)9-3-1-2-4-10(9)16-17-11(18)8-5-6-19-7-8/h1-4,8,16H,5-7H2,(H,17,18). The van der Waals surface area contributed by atoms with Crippen LogP contribution in [0.1, 0.15) is 12.0 Å². The van der Waals surface area contributed by atoms with E-state index < -0.39 is 11.7 Å². The van der Waals surface area contributed by atoms with Gasteiger partial charge in [-0.1, -0.05) is 12.1 Å². The van der Waals surface area contributed by atoms with Crippen LogP contribution in [0.15, 0.2) is 24.3 Å². The number of carbonyl (C=O) groups excluding carboxylic acids is 1. The molecule has 4 nitrogen and oxygen atoms in total. The number of nitrogens with one attached hydrogen (secondary N) is 2. The molecule has 0 spiro atoms. The number of para-hydroxylation sites is 1. The van der Waals surface area contributed by atoms with Crippen LogP contribution in [-0.4, -0.2) is 19.1 Å². The first kappa shape index (κ1) is 13.7. The number of hydrogen-bond donors (Lipinski definition) is 2. The average Bonchev–Trinajstić information content (AvgIpc) is 2.89. The highest BCUT2D eigenvalue weighted by molar-refractivity contribution is 5.80. The molecule has 0 radical (unpaired) electrons. The zero-order valence-corrected chi connectivity index (χ0v) is 9.96. The molecule has 1 unspecified atom stereocenters. The van der Waals surface area contributed by atoms with Crippen molar-refractivity contribution in [3.63, 3.8) is 0 Å². The maximum absolute atomic E-state index is 12.7. The van der Waals surface area contributed by atoms with Gasteiger partial charge in [0.25, 0.3) is 0 Å². The molecule has 0 bridgehead atoms. The molecule has 19 heavy (non-hydrogen) atoms. The van der Waals surface area contributed by atoms with Crippen LogP contribution in [-0.2, 0) is 15.7 Å². The first-order valence-corrected chi connectivity index (χ1v) is 5.78. The third kappa shape index (κ3) is 3.37. The highest BCUT2D eigenvalue weighted by atomic mass is 19.4. The molecule has 1 aliphatic heterocycles. The summed E-state index contributed by atoms with van der Waals surface area (Å²) in [6, 6.07) is 4.96. The summed E-state index contributed by atoms with van der Waals surface area (Å²) in [4.78, 5) is 11.6. The van der Waals surface area contributed by atoms with Gasteiger partial charge >= 0.3 is 6.18 Å². The summed E-state index contributed by atoms with van der Waals surface area (Å²) in [5.41, 5.74) is 3.61. The molecule has 0 aliphatic carbocycles. The number of halogens is 3. The topological polar surface area (TPSA) is 50.4 Å². The summed E-state index contributed by atoms with van der Waals surface area (Å²) in [7, 11) is 0. The van der Waals surface area contributed by atoms with Crippen LogP contribution in [0.25, 0.3) is 0 Å². The van der Waals surface area contributed by atoms with Crippen molar-refractivity contribution in [3.8, 4) is 0 Å². The average molecular weight is 274 g/mol. The van der Waals surface area contributed by atoms with Crippen LogP contribution < -0.4 is 10.9 Å². The van der Waals surface area contributed by atoms with Crippen LogP contribution in [0.4, 0.5) is 18.9 Å². The predicted octanol–water partition coefficient (Wildman–Crippen LogP) is 2.18. The summed E-state index contributed by atoms with van der Waals surface area (Å²) in [5.74, 6) is -0.681. The van der Waals surface area contributed by atoms with Gasteiger partial charge in [-0.2, -0.15) is 13.2 Å². The van der Waals surface area contributed by atoms with Crippen molar-refractivity contribution in [2.45, 2.75) is 12.6 Å². The minimum atomic E-state index is -4.47. The number of benzene rings is 1.